The van der Waals surface area contributed by atoms with Gasteiger partial charge < -0.3 is 9.80 Å². The average molecular weight is 755 g/mol. The zero-order chi connectivity index (χ0) is 35.5. The van der Waals surface area contributed by atoms with Gasteiger partial charge >= 0.3 is 21.4 Å². The number of aliphatic imine (C=N–C) groups is 2. The Hall–Kier alpha value is -4.23. The van der Waals surface area contributed by atoms with Gasteiger partial charge in [0.2, 0.25) is 5.82 Å². The summed E-state index contributed by atoms with van der Waals surface area (Å²) < 4.78 is 73.2. The molecule has 252 valence electrons. The summed E-state index contributed by atoms with van der Waals surface area (Å²) in [5, 5.41) is 0.816. The second-order valence-corrected chi connectivity index (χ2v) is 14.5. The highest BCUT2D eigenvalue weighted by Gasteiger charge is 2.27. The van der Waals surface area contributed by atoms with Gasteiger partial charge in [0, 0.05) is 48.9 Å². The number of aromatic nitrogens is 4. The average Bonchev–Trinajstić information content (AvgIpc) is 2.98. The van der Waals surface area contributed by atoms with E-state index in [1.54, 1.807) is 33.1 Å². The van der Waals surface area contributed by atoms with E-state index in [1.165, 1.54) is 66.1 Å². The van der Waals surface area contributed by atoms with Gasteiger partial charge in [0.25, 0.3) is 14.9 Å². The highest BCUT2D eigenvalue weighted by atomic mass is 35.7. The molecule has 0 radical (unpaired) electrons. The molecule has 4 rings (SSSR count). The van der Waals surface area contributed by atoms with Crippen molar-refractivity contribution in [3.63, 3.8) is 0 Å². The molecule has 0 aliphatic carbocycles. The number of halogens is 5. The predicted molar refractivity (Wildman–Crippen MR) is 174 cm³/mol. The third kappa shape index (κ3) is 12.5. The smallest absolute Gasteiger partial charge is 0.369 e. The Morgan fingerprint density at radius 3 is 1.66 bits per heavy atom. The number of hydrogen-bond acceptors (Lipinski definition) is 9. The van der Waals surface area contributed by atoms with E-state index >= 15 is 0 Å². The van der Waals surface area contributed by atoms with Gasteiger partial charge in [-0.1, -0.05) is 27.2 Å². The minimum absolute atomic E-state index is 0.0589. The number of aromatic amines is 2. The summed E-state index contributed by atoms with van der Waals surface area (Å²) in [6, 6.07) is 10.8. The zero-order valence-electron chi connectivity index (χ0n) is 24.8. The third-order valence-corrected chi connectivity index (χ3v) is 8.46. The SMILES string of the molecule is CN(C)C=Nc1[nH]c(=O)[n+](S(=O)(=O)c2ccc(Cl)cc2)cc1F.CN(C)C=Nc1[nH]c(=O)ncc1F.O=S(=O)(Cl)c1ccc(Cl)cc1. The lowest BCUT2D eigenvalue weighted by Gasteiger charge is -2.03. The van der Waals surface area contributed by atoms with Crippen molar-refractivity contribution in [2.24, 2.45) is 9.98 Å². The van der Waals surface area contributed by atoms with E-state index in [4.69, 9.17) is 33.9 Å². The lowest BCUT2D eigenvalue weighted by atomic mass is 10.4. The second-order valence-electron chi connectivity index (χ2n) is 9.20. The standard InChI is InChI=1S/C13H12ClFN4O3S.C7H9FN4O.C6H4Cl2O2S/c1-18(2)8-16-12-11(15)7-19(13(20)17-12)23(21,22)10-5-3-9(14)4-6-10;1-12(2)4-10-6-5(8)3-9-7(13)11-6;7-5-1-3-6(4-2-5)11(8,9)10/h3-8H,1-2H3;3-4H,1-2H3,(H,9,11,13);1-4H/p+1. The van der Waals surface area contributed by atoms with E-state index in [0.29, 0.717) is 16.2 Å². The number of nitrogens with zero attached hydrogens (tertiary/aromatic N) is 6. The van der Waals surface area contributed by atoms with Gasteiger partial charge in [-0.3, -0.25) is 4.98 Å². The quantitative estimate of drug-likeness (QED) is 0.124. The molecule has 21 heteroatoms. The minimum atomic E-state index is -4.24. The first-order chi connectivity index (χ1) is 21.8. The van der Waals surface area contributed by atoms with Gasteiger partial charge in [-0.2, -0.15) is 32.6 Å². The maximum Gasteiger partial charge on any atom is 0.513 e. The summed E-state index contributed by atoms with van der Waals surface area (Å²) in [6.45, 7) is 0. The number of rotatable bonds is 7. The van der Waals surface area contributed by atoms with Gasteiger partial charge in [0.15, 0.2) is 17.8 Å². The first-order valence-electron chi connectivity index (χ1n) is 12.5. The van der Waals surface area contributed by atoms with Gasteiger partial charge in [0.05, 0.1) is 23.8 Å². The van der Waals surface area contributed by atoms with Crippen molar-refractivity contribution in [1.29, 1.82) is 0 Å². The first kappa shape index (κ1) is 39.0. The molecular weight excluding hydrogens is 729 g/mol. The molecule has 2 heterocycles. The first-order valence-corrected chi connectivity index (χ1v) is 17.0. The molecule has 0 unspecified atom stereocenters. The van der Waals surface area contributed by atoms with Crippen LogP contribution in [0.3, 0.4) is 0 Å². The molecule has 0 spiro atoms. The molecule has 0 saturated heterocycles. The van der Waals surface area contributed by atoms with Gasteiger partial charge in [-0.05, 0) is 48.5 Å². The van der Waals surface area contributed by atoms with Gasteiger partial charge in [-0.25, -0.2) is 22.6 Å². The van der Waals surface area contributed by atoms with Crippen molar-refractivity contribution in [2.45, 2.75) is 9.79 Å². The summed E-state index contributed by atoms with van der Waals surface area (Å²) >= 11 is 11.2. The third-order valence-electron chi connectivity index (χ3n) is 4.93. The fraction of sp³-hybridized carbons (Fsp3) is 0.154. The molecule has 2 aromatic heterocycles. The van der Waals surface area contributed by atoms with E-state index in [2.05, 4.69) is 24.9 Å². The molecule has 47 heavy (non-hydrogen) atoms. The van der Waals surface area contributed by atoms with Crippen LogP contribution in [0.2, 0.25) is 10.0 Å². The van der Waals surface area contributed by atoms with Crippen molar-refractivity contribution in [3.8, 4) is 0 Å². The van der Waals surface area contributed by atoms with Gasteiger partial charge in [-0.15, -0.1) is 0 Å². The molecule has 2 aromatic carbocycles. The van der Waals surface area contributed by atoms with Crippen molar-refractivity contribution < 1.29 is 29.6 Å². The molecule has 0 aliphatic rings. The summed E-state index contributed by atoms with van der Waals surface area (Å²) in [6.07, 6.45) is 4.06. The van der Waals surface area contributed by atoms with Crippen LogP contribution in [0, 0.1) is 11.6 Å². The molecule has 0 amide bonds. The highest BCUT2D eigenvalue weighted by molar-refractivity contribution is 8.13. The fourth-order valence-electron chi connectivity index (χ4n) is 2.84. The molecule has 0 fully saturated rings. The lowest BCUT2D eigenvalue weighted by molar-refractivity contribution is -0.534. The summed E-state index contributed by atoms with van der Waals surface area (Å²) in [5.74, 6) is -2.13. The highest BCUT2D eigenvalue weighted by Crippen LogP contribution is 2.17. The van der Waals surface area contributed by atoms with Crippen molar-refractivity contribution in [2.75, 3.05) is 28.2 Å². The summed E-state index contributed by atoms with van der Waals surface area (Å²) in [4.78, 5) is 40.5. The molecule has 0 aliphatic heterocycles. The van der Waals surface area contributed by atoms with E-state index in [9.17, 15) is 35.2 Å². The van der Waals surface area contributed by atoms with Crippen molar-refractivity contribution >= 4 is 77.3 Å². The number of nitrogens with one attached hydrogen (secondary N) is 2. The number of hydrogen-bond donors (Lipinski definition) is 2. The number of H-pyrrole nitrogens is 2. The van der Waals surface area contributed by atoms with Crippen molar-refractivity contribution in [3.05, 3.63) is 104 Å². The maximum atomic E-state index is 14.0. The summed E-state index contributed by atoms with van der Waals surface area (Å²) in [7, 11) is 3.98. The van der Waals surface area contributed by atoms with Crippen LogP contribution in [0.25, 0.3) is 0 Å². The van der Waals surface area contributed by atoms with Crippen LogP contribution < -0.4 is 15.4 Å². The van der Waals surface area contributed by atoms with E-state index < -0.39 is 42.1 Å². The Morgan fingerprint density at radius 1 is 0.766 bits per heavy atom. The lowest BCUT2D eigenvalue weighted by Crippen LogP contribution is -2.56. The molecule has 4 aromatic rings. The number of benzene rings is 2. The van der Waals surface area contributed by atoms with E-state index in [0.717, 1.165) is 6.20 Å². The molecular formula is C26H26Cl3F2N8O6S2+. The minimum Gasteiger partial charge on any atom is -0.369 e. The molecule has 0 saturated carbocycles. The van der Waals surface area contributed by atoms with Gasteiger partial charge in [0.1, 0.15) is 4.90 Å². The topological polar surface area (TPSA) is 182 Å². The molecule has 2 N–H and O–H groups in total. The van der Waals surface area contributed by atoms with Crippen LogP contribution in [-0.4, -0.2) is 82.5 Å². The summed E-state index contributed by atoms with van der Waals surface area (Å²) in [5.41, 5.74) is -1.65. The molecule has 0 bridgehead atoms. The Morgan fingerprint density at radius 2 is 1.21 bits per heavy atom. The van der Waals surface area contributed by atoms with Crippen LogP contribution >= 0.6 is 33.9 Å². The Labute approximate surface area is 282 Å². The molecule has 14 nitrogen and oxygen atoms in total. The zero-order valence-corrected chi connectivity index (χ0v) is 28.7. The maximum absolute atomic E-state index is 14.0. The van der Waals surface area contributed by atoms with Crippen LogP contribution in [0.4, 0.5) is 20.4 Å². The monoisotopic (exact) mass is 753 g/mol. The van der Waals surface area contributed by atoms with Crippen LogP contribution in [-0.2, 0) is 19.1 Å². The Balaban J connectivity index is 0.000000270. The van der Waals surface area contributed by atoms with Crippen LogP contribution in [0.5, 0.6) is 0 Å². The van der Waals surface area contributed by atoms with Crippen LogP contribution in [0.15, 0.2) is 90.3 Å². The normalized spacial score (nSPS) is 11.4. The molecule has 0 atom stereocenters. The van der Waals surface area contributed by atoms with Crippen LogP contribution in [0.1, 0.15) is 0 Å². The second kappa shape index (κ2) is 17.1. The van der Waals surface area contributed by atoms with E-state index in [1.807, 2.05) is 0 Å². The largest absolute Gasteiger partial charge is 0.513 e. The Bertz CT molecular complexity index is 2080. The Kier molecular flexibility index (Phi) is 14.1. The predicted octanol–water partition coefficient (Wildman–Crippen LogP) is 3.31. The fourth-order valence-corrected chi connectivity index (χ4v) is 5.06. The van der Waals surface area contributed by atoms with E-state index in [-0.39, 0.29) is 25.4 Å². The van der Waals surface area contributed by atoms with Crippen molar-refractivity contribution in [1.82, 2.24) is 24.8 Å².